The van der Waals surface area contributed by atoms with Gasteiger partial charge in [-0.1, -0.05) is 6.07 Å². The molecule has 8 heteroatoms. The Balaban J connectivity index is 1.65. The predicted octanol–water partition coefficient (Wildman–Crippen LogP) is 1.51. The summed E-state index contributed by atoms with van der Waals surface area (Å²) in [5, 5.41) is 4.01. The number of ether oxygens (including phenoxy) is 1. The molecular weight excluding hydrogens is 290 g/mol. The van der Waals surface area contributed by atoms with Gasteiger partial charge in [0.05, 0.1) is 17.6 Å². The van der Waals surface area contributed by atoms with E-state index in [1.165, 1.54) is 11.5 Å². The predicted molar refractivity (Wildman–Crippen MR) is 81.7 cm³/mol. The van der Waals surface area contributed by atoms with E-state index >= 15 is 0 Å². The van der Waals surface area contributed by atoms with E-state index in [-0.39, 0.29) is 5.69 Å². The van der Waals surface area contributed by atoms with Gasteiger partial charge in [-0.3, -0.25) is 0 Å². The molecule has 0 radical (unpaired) electrons. The minimum Gasteiger partial charge on any atom is -0.384 e. The van der Waals surface area contributed by atoms with E-state index in [4.69, 9.17) is 4.74 Å². The number of hydrogen-bond acceptors (Lipinski definition) is 6. The zero-order chi connectivity index (χ0) is 14.7. The standard InChI is InChI=1S/C13H15N5O2S/c1-20-5-4-11-17-13(21-18-11)14-7-8-2-3-9-10(6-8)16-12(19)15-9/h2-3,6H,4-5,7H2,1H3,(H,14,17,18)(H2,15,16,19). The summed E-state index contributed by atoms with van der Waals surface area (Å²) >= 11 is 1.34. The first kappa shape index (κ1) is 13.8. The number of aromatic nitrogens is 4. The average Bonchev–Trinajstić information content (AvgIpc) is 3.07. The number of fused-ring (bicyclic) bond motifs is 1. The van der Waals surface area contributed by atoms with Crippen molar-refractivity contribution >= 4 is 27.7 Å². The smallest absolute Gasteiger partial charge is 0.323 e. The normalized spacial score (nSPS) is 11.1. The van der Waals surface area contributed by atoms with Gasteiger partial charge in [-0.25, -0.2) is 9.78 Å². The molecular formula is C13H15N5O2S. The fourth-order valence-corrected chi connectivity index (χ4v) is 2.59. The van der Waals surface area contributed by atoms with Crippen LogP contribution in [-0.2, 0) is 17.7 Å². The summed E-state index contributed by atoms with van der Waals surface area (Å²) in [4.78, 5) is 21.1. The van der Waals surface area contributed by atoms with Gasteiger partial charge < -0.3 is 20.0 Å². The molecule has 2 aromatic heterocycles. The largest absolute Gasteiger partial charge is 0.384 e. The van der Waals surface area contributed by atoms with Gasteiger partial charge in [0, 0.05) is 31.6 Å². The van der Waals surface area contributed by atoms with Crippen molar-refractivity contribution in [3.8, 4) is 0 Å². The Labute approximate surface area is 124 Å². The fourth-order valence-electron chi connectivity index (χ4n) is 1.99. The molecule has 2 heterocycles. The number of benzene rings is 1. The number of methoxy groups -OCH3 is 1. The van der Waals surface area contributed by atoms with Gasteiger partial charge in [0.15, 0.2) is 0 Å². The zero-order valence-electron chi connectivity index (χ0n) is 11.5. The summed E-state index contributed by atoms with van der Waals surface area (Å²) in [7, 11) is 1.66. The van der Waals surface area contributed by atoms with Crippen LogP contribution in [-0.4, -0.2) is 33.0 Å². The Kier molecular flexibility index (Phi) is 3.98. The Morgan fingerprint density at radius 3 is 3.05 bits per heavy atom. The number of aromatic amines is 2. The van der Waals surface area contributed by atoms with Gasteiger partial charge in [-0.05, 0) is 17.7 Å². The molecule has 0 bridgehead atoms. The quantitative estimate of drug-likeness (QED) is 0.641. The van der Waals surface area contributed by atoms with Crippen LogP contribution >= 0.6 is 11.5 Å². The van der Waals surface area contributed by atoms with Crippen LogP contribution in [0, 0.1) is 0 Å². The van der Waals surface area contributed by atoms with Crippen molar-refractivity contribution in [3.05, 3.63) is 40.1 Å². The molecule has 110 valence electrons. The average molecular weight is 305 g/mol. The second-order valence-electron chi connectivity index (χ2n) is 4.57. The third kappa shape index (κ3) is 3.29. The minimum absolute atomic E-state index is 0.193. The van der Waals surface area contributed by atoms with Crippen LogP contribution in [0.1, 0.15) is 11.4 Å². The Morgan fingerprint density at radius 2 is 2.19 bits per heavy atom. The molecule has 0 aliphatic carbocycles. The second-order valence-corrected chi connectivity index (χ2v) is 5.32. The monoisotopic (exact) mass is 305 g/mol. The fraction of sp³-hybridized carbons (Fsp3) is 0.308. The number of hydrogen-bond donors (Lipinski definition) is 3. The highest BCUT2D eigenvalue weighted by molar-refractivity contribution is 7.09. The molecule has 3 N–H and O–H groups in total. The van der Waals surface area contributed by atoms with Gasteiger partial charge in [-0.15, -0.1) is 0 Å². The second kappa shape index (κ2) is 6.06. The molecule has 7 nitrogen and oxygen atoms in total. The number of nitrogens with zero attached hydrogens (tertiary/aromatic N) is 2. The Morgan fingerprint density at radius 1 is 1.33 bits per heavy atom. The molecule has 0 saturated heterocycles. The SMILES string of the molecule is COCCc1nsc(NCc2ccc3[nH]c(=O)[nH]c3c2)n1. The van der Waals surface area contributed by atoms with Gasteiger partial charge >= 0.3 is 5.69 Å². The summed E-state index contributed by atoms with van der Waals surface area (Å²) in [6.07, 6.45) is 0.714. The molecule has 0 amide bonds. The number of H-pyrrole nitrogens is 2. The van der Waals surface area contributed by atoms with Gasteiger partial charge in [-0.2, -0.15) is 4.37 Å². The highest BCUT2D eigenvalue weighted by Crippen LogP contribution is 2.15. The molecule has 0 aliphatic heterocycles. The van der Waals surface area contributed by atoms with E-state index in [0.717, 1.165) is 27.6 Å². The molecule has 3 rings (SSSR count). The molecule has 0 atom stereocenters. The Bertz CT molecular complexity index is 791. The molecule has 3 aromatic rings. The Hall–Kier alpha value is -2.19. The van der Waals surface area contributed by atoms with Crippen LogP contribution in [0.2, 0.25) is 0 Å². The third-order valence-electron chi connectivity index (χ3n) is 3.02. The van der Waals surface area contributed by atoms with Crippen molar-refractivity contribution in [2.45, 2.75) is 13.0 Å². The lowest BCUT2D eigenvalue weighted by atomic mass is 10.2. The van der Waals surface area contributed by atoms with Crippen LogP contribution in [0.25, 0.3) is 11.0 Å². The van der Waals surface area contributed by atoms with E-state index in [0.29, 0.717) is 19.6 Å². The van der Waals surface area contributed by atoms with Crippen molar-refractivity contribution in [2.75, 3.05) is 19.0 Å². The summed E-state index contributed by atoms with van der Waals surface area (Å²) < 4.78 is 9.25. The molecule has 0 unspecified atom stereocenters. The van der Waals surface area contributed by atoms with Crippen molar-refractivity contribution in [2.24, 2.45) is 0 Å². The lowest BCUT2D eigenvalue weighted by Crippen LogP contribution is -2.00. The zero-order valence-corrected chi connectivity index (χ0v) is 12.3. The van der Waals surface area contributed by atoms with Crippen LogP contribution < -0.4 is 11.0 Å². The summed E-state index contributed by atoms with van der Waals surface area (Å²) in [5.74, 6) is 0.787. The highest BCUT2D eigenvalue weighted by Gasteiger charge is 2.04. The van der Waals surface area contributed by atoms with Crippen LogP contribution in [0.4, 0.5) is 5.13 Å². The number of anilines is 1. The van der Waals surface area contributed by atoms with Crippen molar-refractivity contribution < 1.29 is 4.74 Å². The first-order chi connectivity index (χ1) is 10.2. The van der Waals surface area contributed by atoms with Crippen molar-refractivity contribution in [1.29, 1.82) is 0 Å². The number of imidazole rings is 1. The maximum absolute atomic E-state index is 11.2. The topological polar surface area (TPSA) is 95.7 Å². The lowest BCUT2D eigenvalue weighted by Gasteiger charge is -2.02. The van der Waals surface area contributed by atoms with Crippen molar-refractivity contribution in [1.82, 2.24) is 19.3 Å². The molecule has 1 aromatic carbocycles. The van der Waals surface area contributed by atoms with Crippen LogP contribution in [0.5, 0.6) is 0 Å². The summed E-state index contributed by atoms with van der Waals surface area (Å²) in [6, 6.07) is 5.79. The molecule has 21 heavy (non-hydrogen) atoms. The maximum Gasteiger partial charge on any atom is 0.323 e. The number of rotatable bonds is 6. The molecule has 0 saturated carbocycles. The van der Waals surface area contributed by atoms with Crippen molar-refractivity contribution in [3.63, 3.8) is 0 Å². The molecule has 0 fully saturated rings. The number of nitrogens with one attached hydrogen (secondary N) is 3. The van der Waals surface area contributed by atoms with Gasteiger partial charge in [0.1, 0.15) is 5.82 Å². The molecule has 0 spiro atoms. The minimum atomic E-state index is -0.193. The first-order valence-corrected chi connectivity index (χ1v) is 7.28. The van der Waals surface area contributed by atoms with Crippen LogP contribution in [0.15, 0.2) is 23.0 Å². The van der Waals surface area contributed by atoms with Gasteiger partial charge in [0.2, 0.25) is 5.13 Å². The summed E-state index contributed by atoms with van der Waals surface area (Å²) in [6.45, 7) is 1.25. The first-order valence-electron chi connectivity index (χ1n) is 6.51. The summed E-state index contributed by atoms with van der Waals surface area (Å²) in [5.41, 5.74) is 2.48. The highest BCUT2D eigenvalue weighted by atomic mass is 32.1. The lowest BCUT2D eigenvalue weighted by molar-refractivity contribution is 0.201. The molecule has 0 aliphatic rings. The third-order valence-corrected chi connectivity index (χ3v) is 3.73. The van der Waals surface area contributed by atoms with E-state index in [9.17, 15) is 4.79 Å². The van der Waals surface area contributed by atoms with E-state index in [1.807, 2.05) is 18.2 Å². The van der Waals surface area contributed by atoms with Crippen LogP contribution in [0.3, 0.4) is 0 Å². The van der Waals surface area contributed by atoms with E-state index in [1.54, 1.807) is 7.11 Å². The van der Waals surface area contributed by atoms with E-state index < -0.39 is 0 Å². The van der Waals surface area contributed by atoms with Gasteiger partial charge in [0.25, 0.3) is 0 Å². The maximum atomic E-state index is 11.2. The van der Waals surface area contributed by atoms with E-state index in [2.05, 4.69) is 24.6 Å².